The molecule has 0 aliphatic heterocycles. The molecule has 0 unspecified atom stereocenters. The summed E-state index contributed by atoms with van der Waals surface area (Å²) < 4.78 is 0. The Kier molecular flexibility index (Phi) is 3.74. The van der Waals surface area contributed by atoms with E-state index >= 15 is 0 Å². The van der Waals surface area contributed by atoms with Gasteiger partial charge in [-0.05, 0) is 12.4 Å². The van der Waals surface area contributed by atoms with Gasteiger partial charge in [0.15, 0.2) is 0 Å². The third-order valence-corrected chi connectivity index (χ3v) is 1.71. The molecule has 2 nitrogen and oxygen atoms in total. The fourth-order valence-electron chi connectivity index (χ4n) is 1.02. The molecule has 0 aliphatic rings. The van der Waals surface area contributed by atoms with E-state index in [1.165, 1.54) is 0 Å². The molecule has 0 spiro atoms. The van der Waals surface area contributed by atoms with Crippen molar-refractivity contribution in [3.05, 3.63) is 42.5 Å². The summed E-state index contributed by atoms with van der Waals surface area (Å²) in [5, 5.41) is 12.6. The van der Waals surface area contributed by atoms with Crippen LogP contribution in [0.25, 0.3) is 0 Å². The minimum Gasteiger partial charge on any atom is -0.433 e. The van der Waals surface area contributed by atoms with Gasteiger partial charge in [0, 0.05) is 6.54 Å². The second-order valence-corrected chi connectivity index (χ2v) is 3.15. The van der Waals surface area contributed by atoms with Gasteiger partial charge >= 0.3 is 7.05 Å². The summed E-state index contributed by atoms with van der Waals surface area (Å²) in [6, 6.07) is 9.50. The topological polar surface area (TPSA) is 32.3 Å². The number of benzene rings is 1. The Morgan fingerprint density at radius 3 is 2.62 bits per heavy atom. The first-order chi connectivity index (χ1) is 6.20. The van der Waals surface area contributed by atoms with Crippen LogP contribution in [0.2, 0.25) is 0 Å². The molecule has 0 fully saturated rings. The average Bonchev–Trinajstić information content (AvgIpc) is 2.15. The first kappa shape index (κ1) is 10.0. The molecule has 0 atom stereocenters. The maximum absolute atomic E-state index is 9.62. The summed E-state index contributed by atoms with van der Waals surface area (Å²) in [4.78, 5) is 0. The van der Waals surface area contributed by atoms with Crippen LogP contribution < -0.4 is 10.7 Å². The molecule has 1 aromatic rings. The van der Waals surface area contributed by atoms with Crippen molar-refractivity contribution in [2.75, 3.05) is 6.54 Å². The van der Waals surface area contributed by atoms with Crippen LogP contribution in [-0.2, 0) is 0 Å². The Balaban J connectivity index is 2.49. The van der Waals surface area contributed by atoms with Gasteiger partial charge in [0.25, 0.3) is 0 Å². The highest BCUT2D eigenvalue weighted by Crippen LogP contribution is 1.86. The van der Waals surface area contributed by atoms with E-state index in [1.807, 2.05) is 37.3 Å². The van der Waals surface area contributed by atoms with Gasteiger partial charge in [-0.25, -0.2) is 0 Å². The molecule has 0 saturated heterocycles. The highest BCUT2D eigenvalue weighted by molar-refractivity contribution is 6.63. The van der Waals surface area contributed by atoms with Crippen molar-refractivity contribution >= 4 is 12.5 Å². The van der Waals surface area contributed by atoms with Crippen LogP contribution in [0, 0.1) is 0 Å². The standard InChI is InChI=1S/C10H14BNO/c1-9(2)8-12-11(13)10-6-4-3-5-7-10/h3-7,12-13H,1,8H2,2H3. The lowest BCUT2D eigenvalue weighted by molar-refractivity contribution is 0.566. The van der Waals surface area contributed by atoms with Gasteiger partial charge in [-0.15, -0.1) is 0 Å². The lowest BCUT2D eigenvalue weighted by Gasteiger charge is -2.07. The third kappa shape index (κ3) is 3.44. The van der Waals surface area contributed by atoms with Crippen molar-refractivity contribution in [2.24, 2.45) is 0 Å². The maximum Gasteiger partial charge on any atom is 0.413 e. The molecule has 0 heterocycles. The zero-order valence-electron chi connectivity index (χ0n) is 7.83. The Morgan fingerprint density at radius 2 is 2.08 bits per heavy atom. The zero-order valence-corrected chi connectivity index (χ0v) is 7.83. The lowest BCUT2D eigenvalue weighted by Crippen LogP contribution is -2.45. The predicted molar refractivity (Wildman–Crippen MR) is 56.9 cm³/mol. The van der Waals surface area contributed by atoms with Crippen molar-refractivity contribution in [3.8, 4) is 0 Å². The molecular formula is C10H14BNO. The van der Waals surface area contributed by atoms with Crippen LogP contribution in [0.1, 0.15) is 6.92 Å². The molecule has 3 heteroatoms. The molecule has 0 aromatic heterocycles. The second-order valence-electron chi connectivity index (χ2n) is 3.15. The number of rotatable bonds is 4. The molecular weight excluding hydrogens is 161 g/mol. The molecule has 0 saturated carbocycles. The summed E-state index contributed by atoms with van der Waals surface area (Å²) in [6.07, 6.45) is 0. The molecule has 1 aromatic carbocycles. The first-order valence-corrected chi connectivity index (χ1v) is 4.31. The molecule has 13 heavy (non-hydrogen) atoms. The van der Waals surface area contributed by atoms with Crippen LogP contribution in [0.15, 0.2) is 42.5 Å². The van der Waals surface area contributed by atoms with Crippen LogP contribution in [0.3, 0.4) is 0 Å². The van der Waals surface area contributed by atoms with Crippen LogP contribution in [0.4, 0.5) is 0 Å². The average molecular weight is 175 g/mol. The van der Waals surface area contributed by atoms with Gasteiger partial charge in [-0.2, -0.15) is 0 Å². The number of nitrogens with one attached hydrogen (secondary N) is 1. The smallest absolute Gasteiger partial charge is 0.413 e. The zero-order chi connectivity index (χ0) is 9.68. The van der Waals surface area contributed by atoms with E-state index in [9.17, 15) is 5.02 Å². The summed E-state index contributed by atoms with van der Waals surface area (Å²) in [5.41, 5.74) is 1.89. The first-order valence-electron chi connectivity index (χ1n) is 4.31. The molecule has 0 amide bonds. The molecule has 68 valence electrons. The van der Waals surface area contributed by atoms with E-state index in [4.69, 9.17) is 0 Å². The fourth-order valence-corrected chi connectivity index (χ4v) is 1.02. The van der Waals surface area contributed by atoms with Crippen molar-refractivity contribution in [1.82, 2.24) is 5.23 Å². The van der Waals surface area contributed by atoms with Gasteiger partial charge in [0.1, 0.15) is 0 Å². The molecule has 0 radical (unpaired) electrons. The summed E-state index contributed by atoms with van der Waals surface area (Å²) >= 11 is 0. The summed E-state index contributed by atoms with van der Waals surface area (Å²) in [7, 11) is -0.599. The monoisotopic (exact) mass is 175 g/mol. The second kappa shape index (κ2) is 4.85. The Morgan fingerprint density at radius 1 is 1.46 bits per heavy atom. The van der Waals surface area contributed by atoms with Gasteiger partial charge in [0.05, 0.1) is 0 Å². The Labute approximate surface area is 79.4 Å². The van der Waals surface area contributed by atoms with Crippen molar-refractivity contribution in [1.29, 1.82) is 0 Å². The van der Waals surface area contributed by atoms with E-state index in [0.717, 1.165) is 11.0 Å². The molecule has 1 rings (SSSR count). The van der Waals surface area contributed by atoms with E-state index in [-0.39, 0.29) is 0 Å². The number of hydrogen-bond donors (Lipinski definition) is 2. The van der Waals surface area contributed by atoms with E-state index < -0.39 is 7.05 Å². The van der Waals surface area contributed by atoms with Crippen LogP contribution >= 0.6 is 0 Å². The van der Waals surface area contributed by atoms with Crippen molar-refractivity contribution in [3.63, 3.8) is 0 Å². The highest BCUT2D eigenvalue weighted by atomic mass is 16.2. The van der Waals surface area contributed by atoms with Gasteiger partial charge < -0.3 is 10.3 Å². The minimum atomic E-state index is -0.599. The normalized spacial score (nSPS) is 9.69. The van der Waals surface area contributed by atoms with E-state index in [2.05, 4.69) is 11.8 Å². The van der Waals surface area contributed by atoms with Gasteiger partial charge in [-0.1, -0.05) is 42.5 Å². The highest BCUT2D eigenvalue weighted by Gasteiger charge is 2.12. The molecule has 2 N–H and O–H groups in total. The Hall–Kier alpha value is -1.06. The van der Waals surface area contributed by atoms with E-state index in [1.54, 1.807) is 0 Å². The third-order valence-electron chi connectivity index (χ3n) is 1.71. The molecule has 0 bridgehead atoms. The van der Waals surface area contributed by atoms with Crippen LogP contribution in [-0.4, -0.2) is 18.6 Å². The molecule has 0 aliphatic carbocycles. The van der Waals surface area contributed by atoms with Crippen molar-refractivity contribution < 1.29 is 5.02 Å². The maximum atomic E-state index is 9.62. The van der Waals surface area contributed by atoms with Crippen molar-refractivity contribution in [2.45, 2.75) is 6.92 Å². The minimum absolute atomic E-state index is 0.599. The Bertz CT molecular complexity index is 274. The lowest BCUT2D eigenvalue weighted by atomic mass is 9.74. The van der Waals surface area contributed by atoms with E-state index in [0.29, 0.717) is 6.54 Å². The SMILES string of the molecule is C=C(C)CNB(O)c1ccccc1. The van der Waals surface area contributed by atoms with Crippen LogP contribution in [0.5, 0.6) is 0 Å². The quantitative estimate of drug-likeness (QED) is 0.517. The fraction of sp³-hybridized carbons (Fsp3) is 0.200. The predicted octanol–water partition coefficient (Wildman–Crippen LogP) is 0.540. The number of hydrogen-bond acceptors (Lipinski definition) is 2. The summed E-state index contributed by atoms with van der Waals surface area (Å²) in [5.74, 6) is 0. The van der Waals surface area contributed by atoms with Gasteiger partial charge in [-0.3, -0.25) is 0 Å². The summed E-state index contributed by atoms with van der Waals surface area (Å²) in [6.45, 7) is 6.30. The van der Waals surface area contributed by atoms with Gasteiger partial charge in [0.2, 0.25) is 0 Å². The largest absolute Gasteiger partial charge is 0.433 e.